The first-order valence-corrected chi connectivity index (χ1v) is 6.10. The van der Waals surface area contributed by atoms with Crippen LogP contribution in [-0.2, 0) is 4.79 Å². The number of carbonyl (C=O) groups excluding carboxylic acids is 1. The molecule has 0 aliphatic carbocycles. The van der Waals surface area contributed by atoms with Crippen molar-refractivity contribution in [2.75, 3.05) is 17.2 Å². The molecule has 2 rings (SSSR count). The van der Waals surface area contributed by atoms with Crippen molar-refractivity contribution in [1.82, 2.24) is 0 Å². The Morgan fingerprint density at radius 2 is 1.75 bits per heavy atom. The Balaban J connectivity index is 1.94. The molecule has 0 unspecified atom stereocenters. The highest BCUT2D eigenvalue weighted by Gasteiger charge is 2.05. The number of nitrogens with one attached hydrogen (secondary N) is 2. The van der Waals surface area contributed by atoms with E-state index in [1.165, 1.54) is 0 Å². The van der Waals surface area contributed by atoms with E-state index in [1.54, 1.807) is 6.07 Å². The summed E-state index contributed by atoms with van der Waals surface area (Å²) in [6, 6.07) is 10.4. The molecular weight excluding hydrogens is 262 g/mol. The van der Waals surface area contributed by atoms with Gasteiger partial charge in [-0.25, -0.2) is 8.78 Å². The van der Waals surface area contributed by atoms with Crippen LogP contribution in [0.3, 0.4) is 0 Å². The van der Waals surface area contributed by atoms with Crippen molar-refractivity contribution in [2.24, 2.45) is 0 Å². The van der Waals surface area contributed by atoms with Crippen LogP contribution in [0, 0.1) is 18.6 Å². The van der Waals surface area contributed by atoms with Crippen molar-refractivity contribution < 1.29 is 13.6 Å². The number of amides is 1. The van der Waals surface area contributed by atoms with E-state index in [1.807, 2.05) is 25.1 Å². The summed E-state index contributed by atoms with van der Waals surface area (Å²) >= 11 is 0. The smallest absolute Gasteiger partial charge is 0.243 e. The number of para-hydroxylation sites is 1. The number of anilines is 2. The van der Waals surface area contributed by atoms with Gasteiger partial charge in [-0.05, 0) is 30.7 Å². The summed E-state index contributed by atoms with van der Waals surface area (Å²) in [6.45, 7) is 1.81. The second-order valence-electron chi connectivity index (χ2n) is 4.37. The first-order chi connectivity index (χ1) is 9.54. The summed E-state index contributed by atoms with van der Waals surface area (Å²) in [5.74, 6) is -1.66. The Labute approximate surface area is 115 Å². The number of benzene rings is 2. The van der Waals surface area contributed by atoms with Crippen LogP contribution >= 0.6 is 0 Å². The number of carbonyl (C=O) groups is 1. The van der Waals surface area contributed by atoms with E-state index >= 15 is 0 Å². The highest BCUT2D eigenvalue weighted by atomic mass is 19.1. The molecule has 0 saturated heterocycles. The lowest BCUT2D eigenvalue weighted by Gasteiger charge is -2.09. The fourth-order valence-corrected chi connectivity index (χ4v) is 1.75. The minimum absolute atomic E-state index is 0.0722. The molecule has 104 valence electrons. The average Bonchev–Trinajstić information content (AvgIpc) is 2.38. The van der Waals surface area contributed by atoms with Gasteiger partial charge < -0.3 is 10.6 Å². The van der Waals surface area contributed by atoms with Gasteiger partial charge >= 0.3 is 0 Å². The summed E-state index contributed by atoms with van der Waals surface area (Å²) < 4.78 is 25.9. The largest absolute Gasteiger partial charge is 0.376 e. The van der Waals surface area contributed by atoms with E-state index in [0.29, 0.717) is 5.69 Å². The minimum Gasteiger partial charge on any atom is -0.376 e. The Bertz CT molecular complexity index is 609. The van der Waals surface area contributed by atoms with Gasteiger partial charge in [0.1, 0.15) is 11.6 Å². The predicted molar refractivity (Wildman–Crippen MR) is 74.7 cm³/mol. The molecule has 2 N–H and O–H groups in total. The number of rotatable bonds is 4. The minimum atomic E-state index is -0.688. The highest BCUT2D eigenvalue weighted by molar-refractivity contribution is 5.94. The third-order valence-corrected chi connectivity index (χ3v) is 2.73. The molecule has 0 radical (unpaired) electrons. The number of halogens is 2. The lowest BCUT2D eigenvalue weighted by Crippen LogP contribution is -2.22. The van der Waals surface area contributed by atoms with Crippen molar-refractivity contribution in [3.05, 3.63) is 59.7 Å². The van der Waals surface area contributed by atoms with Gasteiger partial charge in [-0.3, -0.25) is 4.79 Å². The third kappa shape index (κ3) is 3.78. The van der Waals surface area contributed by atoms with Crippen LogP contribution in [0.2, 0.25) is 0 Å². The van der Waals surface area contributed by atoms with Crippen LogP contribution in [0.25, 0.3) is 0 Å². The summed E-state index contributed by atoms with van der Waals surface area (Å²) in [7, 11) is 0. The SMILES string of the molecule is Cc1ccccc1NC(=O)CNc1cc(F)cc(F)c1. The fraction of sp³-hybridized carbons (Fsp3) is 0.133. The quantitative estimate of drug-likeness (QED) is 0.899. The van der Waals surface area contributed by atoms with Crippen LogP contribution in [0.1, 0.15) is 5.56 Å². The fourth-order valence-electron chi connectivity index (χ4n) is 1.75. The number of hydrogen-bond acceptors (Lipinski definition) is 2. The molecule has 0 aromatic heterocycles. The van der Waals surface area contributed by atoms with Crippen molar-refractivity contribution in [1.29, 1.82) is 0 Å². The molecule has 3 nitrogen and oxygen atoms in total. The zero-order valence-electron chi connectivity index (χ0n) is 10.9. The third-order valence-electron chi connectivity index (χ3n) is 2.73. The number of hydrogen-bond donors (Lipinski definition) is 2. The lowest BCUT2D eigenvalue weighted by molar-refractivity contribution is -0.114. The molecule has 2 aromatic rings. The average molecular weight is 276 g/mol. The molecule has 0 saturated carbocycles. The van der Waals surface area contributed by atoms with Gasteiger partial charge in [-0.1, -0.05) is 18.2 Å². The topological polar surface area (TPSA) is 41.1 Å². The van der Waals surface area contributed by atoms with E-state index in [-0.39, 0.29) is 18.1 Å². The van der Waals surface area contributed by atoms with E-state index in [4.69, 9.17) is 0 Å². The molecule has 2 aromatic carbocycles. The van der Waals surface area contributed by atoms with E-state index in [0.717, 1.165) is 23.8 Å². The maximum Gasteiger partial charge on any atom is 0.243 e. The zero-order chi connectivity index (χ0) is 14.5. The first kappa shape index (κ1) is 14.0. The van der Waals surface area contributed by atoms with E-state index < -0.39 is 11.6 Å². The molecule has 0 fully saturated rings. The van der Waals surface area contributed by atoms with Gasteiger partial charge in [-0.15, -0.1) is 0 Å². The Morgan fingerprint density at radius 1 is 1.10 bits per heavy atom. The molecule has 5 heteroatoms. The molecule has 0 heterocycles. The van der Waals surface area contributed by atoms with Crippen LogP contribution < -0.4 is 10.6 Å². The van der Waals surface area contributed by atoms with Crippen LogP contribution in [-0.4, -0.2) is 12.5 Å². The van der Waals surface area contributed by atoms with E-state index in [2.05, 4.69) is 10.6 Å². The molecule has 1 amide bonds. The molecule has 0 bridgehead atoms. The number of aryl methyl sites for hydroxylation is 1. The summed E-state index contributed by atoms with van der Waals surface area (Å²) in [5, 5.41) is 5.39. The Hall–Kier alpha value is -2.43. The van der Waals surface area contributed by atoms with Crippen molar-refractivity contribution in [3.8, 4) is 0 Å². The monoisotopic (exact) mass is 276 g/mol. The lowest BCUT2D eigenvalue weighted by atomic mass is 10.2. The maximum atomic E-state index is 13.0. The standard InChI is InChI=1S/C15H14F2N2O/c1-10-4-2-3-5-14(10)19-15(20)9-18-13-7-11(16)6-12(17)8-13/h2-8,18H,9H2,1H3,(H,19,20). The molecule has 0 spiro atoms. The zero-order valence-corrected chi connectivity index (χ0v) is 10.9. The molecular formula is C15H14F2N2O. The van der Waals surface area contributed by atoms with Crippen molar-refractivity contribution >= 4 is 17.3 Å². The van der Waals surface area contributed by atoms with Gasteiger partial charge in [0.25, 0.3) is 0 Å². The first-order valence-electron chi connectivity index (χ1n) is 6.10. The van der Waals surface area contributed by atoms with Gasteiger partial charge in [0.2, 0.25) is 5.91 Å². The van der Waals surface area contributed by atoms with Gasteiger partial charge in [0.05, 0.1) is 6.54 Å². The van der Waals surface area contributed by atoms with Crippen molar-refractivity contribution in [2.45, 2.75) is 6.92 Å². The Morgan fingerprint density at radius 3 is 2.40 bits per heavy atom. The van der Waals surface area contributed by atoms with Gasteiger partial charge in [0, 0.05) is 17.4 Å². The summed E-state index contributed by atoms with van der Waals surface area (Å²) in [5.41, 5.74) is 1.88. The second-order valence-corrected chi connectivity index (χ2v) is 4.37. The van der Waals surface area contributed by atoms with Gasteiger partial charge in [-0.2, -0.15) is 0 Å². The predicted octanol–water partition coefficient (Wildman–Crippen LogP) is 3.32. The molecule has 20 heavy (non-hydrogen) atoms. The second kappa shape index (κ2) is 6.14. The molecule has 0 atom stereocenters. The maximum absolute atomic E-state index is 13.0. The van der Waals surface area contributed by atoms with Crippen molar-refractivity contribution in [3.63, 3.8) is 0 Å². The van der Waals surface area contributed by atoms with Gasteiger partial charge in [0.15, 0.2) is 0 Å². The van der Waals surface area contributed by atoms with Crippen LogP contribution in [0.4, 0.5) is 20.2 Å². The van der Waals surface area contributed by atoms with Crippen LogP contribution in [0.15, 0.2) is 42.5 Å². The highest BCUT2D eigenvalue weighted by Crippen LogP contribution is 2.14. The summed E-state index contributed by atoms with van der Waals surface area (Å²) in [6.07, 6.45) is 0. The normalized spacial score (nSPS) is 10.2. The van der Waals surface area contributed by atoms with E-state index in [9.17, 15) is 13.6 Å². The summed E-state index contributed by atoms with van der Waals surface area (Å²) in [4.78, 5) is 11.7. The Kier molecular flexibility index (Phi) is 4.30. The molecule has 0 aliphatic rings. The molecule has 0 aliphatic heterocycles. The van der Waals surface area contributed by atoms with Crippen LogP contribution in [0.5, 0.6) is 0 Å².